The molecule has 3 rings (SSSR count). The predicted molar refractivity (Wildman–Crippen MR) is 62.3 cm³/mol. The van der Waals surface area contributed by atoms with Crippen LogP contribution in [0.25, 0.3) is 0 Å². The van der Waals surface area contributed by atoms with Crippen LogP contribution in [0.1, 0.15) is 36.9 Å². The van der Waals surface area contributed by atoms with Gasteiger partial charge in [0.2, 0.25) is 0 Å². The third-order valence-electron chi connectivity index (χ3n) is 3.29. The van der Waals surface area contributed by atoms with Gasteiger partial charge in [-0.3, -0.25) is 0 Å². The maximum Gasteiger partial charge on any atom is 0.156 e. The predicted octanol–water partition coefficient (Wildman–Crippen LogP) is 2.74. The molecule has 0 radical (unpaired) electrons. The number of hydrogen-bond donors (Lipinski definition) is 0. The minimum absolute atomic E-state index is 0.310. The molecule has 0 N–H and O–H groups in total. The molecular formula is C14H14N2. The lowest BCUT2D eigenvalue weighted by molar-refractivity contribution is 0.735. The Morgan fingerprint density at radius 2 is 2.12 bits per heavy atom. The number of rotatable bonds is 0. The second-order valence-electron chi connectivity index (χ2n) is 4.34. The van der Waals surface area contributed by atoms with E-state index < -0.39 is 0 Å². The topological polar surface area (TPSA) is 36.7 Å². The highest BCUT2D eigenvalue weighted by molar-refractivity contribution is 5.41. The molecule has 2 fully saturated rings. The van der Waals surface area contributed by atoms with Crippen molar-refractivity contribution in [1.82, 2.24) is 4.98 Å². The number of nitriles is 1. The average Bonchev–Trinajstić information content (AvgIpc) is 2.96. The van der Waals surface area contributed by atoms with E-state index in [2.05, 4.69) is 10.9 Å². The fourth-order valence-electron chi connectivity index (χ4n) is 2.27. The Labute approximate surface area is 96.3 Å². The second kappa shape index (κ2) is 4.81. The first-order valence-corrected chi connectivity index (χ1v) is 5.67. The van der Waals surface area contributed by atoms with Gasteiger partial charge in [-0.15, -0.1) is 6.42 Å². The molecule has 0 spiro atoms. The largest absolute Gasteiger partial charge is 0.244 e. The lowest BCUT2D eigenvalue weighted by Gasteiger charge is -1.89. The molecule has 2 saturated carbocycles. The zero-order valence-electron chi connectivity index (χ0n) is 9.19. The van der Waals surface area contributed by atoms with Gasteiger partial charge in [0.05, 0.1) is 5.56 Å². The summed E-state index contributed by atoms with van der Waals surface area (Å²) in [6.07, 6.45) is 12.9. The van der Waals surface area contributed by atoms with E-state index >= 15 is 0 Å². The van der Waals surface area contributed by atoms with Gasteiger partial charge in [-0.05, 0) is 30.4 Å². The van der Waals surface area contributed by atoms with Crippen LogP contribution in [0.4, 0.5) is 0 Å². The lowest BCUT2D eigenvalue weighted by Crippen LogP contribution is -1.85. The van der Waals surface area contributed by atoms with Crippen LogP contribution >= 0.6 is 0 Å². The number of nitrogens with zero attached hydrogens (tertiary/aromatic N) is 2. The molecular weight excluding hydrogens is 196 g/mol. The van der Waals surface area contributed by atoms with Gasteiger partial charge in [0, 0.05) is 6.20 Å². The van der Waals surface area contributed by atoms with Gasteiger partial charge in [0.1, 0.15) is 6.07 Å². The smallest absolute Gasteiger partial charge is 0.156 e. The normalized spacial score (nSPS) is 24.4. The number of pyridine rings is 1. The molecule has 2 heteroatoms. The Kier molecular flexibility index (Phi) is 3.22. The van der Waals surface area contributed by atoms with Crippen LogP contribution < -0.4 is 0 Å². The van der Waals surface area contributed by atoms with Crippen molar-refractivity contribution in [2.24, 2.45) is 11.8 Å². The molecule has 1 heterocycles. The van der Waals surface area contributed by atoms with Gasteiger partial charge < -0.3 is 0 Å². The molecule has 80 valence electrons. The fraction of sp³-hybridized carbons (Fsp3) is 0.429. The van der Waals surface area contributed by atoms with E-state index in [0.717, 1.165) is 0 Å². The van der Waals surface area contributed by atoms with Gasteiger partial charge in [0.15, 0.2) is 5.69 Å². The van der Waals surface area contributed by atoms with Crippen LogP contribution in [-0.4, -0.2) is 4.98 Å². The van der Waals surface area contributed by atoms with Crippen molar-refractivity contribution < 1.29 is 0 Å². The number of terminal acetylenes is 1. The summed E-state index contributed by atoms with van der Waals surface area (Å²) in [6.45, 7) is 0. The summed E-state index contributed by atoms with van der Waals surface area (Å²) in [4.78, 5) is 3.76. The number of hydrogen-bond acceptors (Lipinski definition) is 2. The zero-order chi connectivity index (χ0) is 11.4. The molecule has 2 nitrogen and oxygen atoms in total. The third-order valence-corrected chi connectivity index (χ3v) is 3.29. The average molecular weight is 210 g/mol. The monoisotopic (exact) mass is 210 g/mol. The van der Waals surface area contributed by atoms with Crippen LogP contribution in [-0.2, 0) is 0 Å². The van der Waals surface area contributed by atoms with E-state index in [9.17, 15) is 0 Å². The Morgan fingerprint density at radius 3 is 2.50 bits per heavy atom. The van der Waals surface area contributed by atoms with Crippen LogP contribution in [0.3, 0.4) is 0 Å². The van der Waals surface area contributed by atoms with Crippen molar-refractivity contribution in [1.29, 1.82) is 5.26 Å². The van der Waals surface area contributed by atoms with E-state index in [4.69, 9.17) is 11.7 Å². The molecule has 16 heavy (non-hydrogen) atoms. The molecule has 2 unspecified atom stereocenters. The molecule has 0 aromatic carbocycles. The fourth-order valence-corrected chi connectivity index (χ4v) is 2.27. The van der Waals surface area contributed by atoms with E-state index in [0.29, 0.717) is 11.3 Å². The molecule has 0 aliphatic heterocycles. The second-order valence-corrected chi connectivity index (χ2v) is 4.34. The van der Waals surface area contributed by atoms with Crippen LogP contribution in [0, 0.1) is 35.5 Å². The first kappa shape index (κ1) is 10.7. The third kappa shape index (κ3) is 2.41. The molecule has 2 aliphatic carbocycles. The highest BCUT2D eigenvalue weighted by atomic mass is 14.7. The Bertz CT molecular complexity index is 410. The molecule has 1 aromatic heterocycles. The highest BCUT2D eigenvalue weighted by Crippen LogP contribution is 2.51. The summed E-state index contributed by atoms with van der Waals surface area (Å²) >= 11 is 0. The number of aromatic nitrogens is 1. The highest BCUT2D eigenvalue weighted by Gasteiger charge is 2.40. The number of fused-ring (bicyclic) bond motifs is 1. The molecule has 1 aromatic rings. The van der Waals surface area contributed by atoms with Crippen molar-refractivity contribution in [3.63, 3.8) is 0 Å². The summed E-state index contributed by atoms with van der Waals surface area (Å²) < 4.78 is 0. The van der Waals surface area contributed by atoms with Gasteiger partial charge in [-0.2, -0.15) is 5.26 Å². The molecule has 0 bridgehead atoms. The van der Waals surface area contributed by atoms with E-state index in [1.807, 2.05) is 6.07 Å². The Hall–Kier alpha value is -1.80. The van der Waals surface area contributed by atoms with Gasteiger partial charge in [0.25, 0.3) is 0 Å². The summed E-state index contributed by atoms with van der Waals surface area (Å²) in [5, 5.41) is 8.44. The van der Waals surface area contributed by atoms with E-state index in [1.54, 1.807) is 37.6 Å². The molecule has 0 saturated heterocycles. The zero-order valence-corrected chi connectivity index (χ0v) is 9.19. The first-order valence-electron chi connectivity index (χ1n) is 5.67. The van der Waals surface area contributed by atoms with Crippen molar-refractivity contribution in [3.8, 4) is 18.4 Å². The Balaban J connectivity index is 0.000000134. The quantitative estimate of drug-likeness (QED) is 0.617. The minimum Gasteiger partial charge on any atom is -0.244 e. The summed E-state index contributed by atoms with van der Waals surface area (Å²) in [5.74, 6) is 4.79. The summed E-state index contributed by atoms with van der Waals surface area (Å²) in [6, 6.07) is 5.28. The molecule has 2 atom stereocenters. The standard InChI is InChI=1S/C8H4N2.C6H10/c1-2-7-4-3-5-10-8(7)6-9;1-2-5-4-6(5)3-1/h1,3-5H;5-6H,1-4H2. The van der Waals surface area contributed by atoms with Crippen molar-refractivity contribution in [2.75, 3.05) is 0 Å². The SMILES string of the molecule is C#Cc1cccnc1C#N.C1CC2CC2C1. The van der Waals surface area contributed by atoms with Crippen molar-refractivity contribution in [2.45, 2.75) is 25.7 Å². The van der Waals surface area contributed by atoms with Crippen molar-refractivity contribution in [3.05, 3.63) is 29.6 Å². The van der Waals surface area contributed by atoms with Crippen molar-refractivity contribution >= 4 is 0 Å². The van der Waals surface area contributed by atoms with Crippen LogP contribution in [0.15, 0.2) is 18.3 Å². The van der Waals surface area contributed by atoms with Crippen LogP contribution in [0.5, 0.6) is 0 Å². The Morgan fingerprint density at radius 1 is 1.38 bits per heavy atom. The lowest BCUT2D eigenvalue weighted by atomic mass is 10.2. The maximum atomic E-state index is 8.44. The molecule has 0 amide bonds. The maximum absolute atomic E-state index is 8.44. The minimum atomic E-state index is 0.310. The summed E-state index contributed by atoms with van der Waals surface area (Å²) in [5.41, 5.74) is 0.856. The summed E-state index contributed by atoms with van der Waals surface area (Å²) in [7, 11) is 0. The van der Waals surface area contributed by atoms with Gasteiger partial charge in [-0.1, -0.05) is 25.2 Å². The van der Waals surface area contributed by atoms with Gasteiger partial charge >= 0.3 is 0 Å². The van der Waals surface area contributed by atoms with Gasteiger partial charge in [-0.25, -0.2) is 4.98 Å². The van der Waals surface area contributed by atoms with E-state index in [-0.39, 0.29) is 0 Å². The van der Waals surface area contributed by atoms with E-state index in [1.165, 1.54) is 18.3 Å². The van der Waals surface area contributed by atoms with Crippen LogP contribution in [0.2, 0.25) is 0 Å². The first-order chi connectivity index (χ1) is 7.85. The molecule has 2 aliphatic rings.